The minimum absolute atomic E-state index is 0.119. The van der Waals surface area contributed by atoms with Gasteiger partial charge < -0.3 is 5.32 Å². The van der Waals surface area contributed by atoms with Crippen molar-refractivity contribution in [2.45, 2.75) is 13.0 Å². The molecule has 4 nitrogen and oxygen atoms in total. The highest BCUT2D eigenvalue weighted by molar-refractivity contribution is 5.89. The van der Waals surface area contributed by atoms with Crippen LogP contribution in [0.5, 0.6) is 0 Å². The molecule has 5 heteroatoms. The van der Waals surface area contributed by atoms with Crippen molar-refractivity contribution in [3.63, 3.8) is 0 Å². The molecule has 0 saturated heterocycles. The van der Waals surface area contributed by atoms with E-state index in [4.69, 9.17) is 5.26 Å². The standard InChI is InChI=1S/C17H13FN4/c1-11(13-5-2-4-12(8-13)9-19)22-17-16-14(18)6-3-7-15(16)20-10-21-17/h2-8,10-11H,1H3,(H,20,21,22)/t11-/m0/s1. The van der Waals surface area contributed by atoms with Crippen molar-refractivity contribution < 1.29 is 4.39 Å². The lowest BCUT2D eigenvalue weighted by Crippen LogP contribution is -2.09. The zero-order chi connectivity index (χ0) is 15.5. The lowest BCUT2D eigenvalue weighted by Gasteiger charge is -2.16. The van der Waals surface area contributed by atoms with Crippen LogP contribution < -0.4 is 5.32 Å². The first-order valence-electron chi connectivity index (χ1n) is 6.85. The second kappa shape index (κ2) is 5.78. The molecule has 3 aromatic rings. The lowest BCUT2D eigenvalue weighted by atomic mass is 10.1. The van der Waals surface area contributed by atoms with E-state index >= 15 is 0 Å². The number of benzene rings is 2. The van der Waals surface area contributed by atoms with Gasteiger partial charge in [0, 0.05) is 0 Å². The summed E-state index contributed by atoms with van der Waals surface area (Å²) in [5.74, 6) is 0.0801. The van der Waals surface area contributed by atoms with Gasteiger partial charge in [0.2, 0.25) is 0 Å². The normalized spacial score (nSPS) is 11.9. The summed E-state index contributed by atoms with van der Waals surface area (Å²) in [7, 11) is 0. The number of nitrogens with zero attached hydrogens (tertiary/aromatic N) is 3. The predicted octanol–water partition coefficient (Wildman–Crippen LogP) is 3.81. The third-order valence-corrected chi connectivity index (χ3v) is 3.48. The third kappa shape index (κ3) is 2.59. The first kappa shape index (κ1) is 14.0. The van der Waals surface area contributed by atoms with E-state index in [9.17, 15) is 4.39 Å². The topological polar surface area (TPSA) is 61.6 Å². The number of aromatic nitrogens is 2. The highest BCUT2D eigenvalue weighted by Gasteiger charge is 2.12. The Balaban J connectivity index is 1.98. The predicted molar refractivity (Wildman–Crippen MR) is 82.7 cm³/mol. The Hall–Kier alpha value is -3.00. The van der Waals surface area contributed by atoms with E-state index in [1.807, 2.05) is 19.1 Å². The van der Waals surface area contributed by atoms with Crippen molar-refractivity contribution in [2.75, 3.05) is 5.32 Å². The minimum Gasteiger partial charge on any atom is -0.363 e. The Labute approximate surface area is 127 Å². The summed E-state index contributed by atoms with van der Waals surface area (Å²) >= 11 is 0. The largest absolute Gasteiger partial charge is 0.363 e. The van der Waals surface area contributed by atoms with Gasteiger partial charge in [0.15, 0.2) is 0 Å². The van der Waals surface area contributed by atoms with Crippen LogP contribution in [-0.2, 0) is 0 Å². The molecular formula is C17H13FN4. The fraction of sp³-hybridized carbons (Fsp3) is 0.118. The molecule has 0 unspecified atom stereocenters. The summed E-state index contributed by atoms with van der Waals surface area (Å²) in [6.07, 6.45) is 1.41. The molecule has 108 valence electrons. The van der Waals surface area contributed by atoms with Gasteiger partial charge in [-0.1, -0.05) is 18.2 Å². The molecule has 0 aliphatic rings. The number of halogens is 1. The van der Waals surface area contributed by atoms with Gasteiger partial charge in [-0.3, -0.25) is 0 Å². The number of nitriles is 1. The quantitative estimate of drug-likeness (QED) is 0.797. The molecule has 1 atom stereocenters. The SMILES string of the molecule is C[C@H](Nc1ncnc2cccc(F)c12)c1cccc(C#N)c1. The van der Waals surface area contributed by atoms with Gasteiger partial charge >= 0.3 is 0 Å². The molecule has 0 aliphatic heterocycles. The van der Waals surface area contributed by atoms with Gasteiger partial charge in [0.1, 0.15) is 18.0 Å². The molecule has 0 aliphatic carbocycles. The maximum absolute atomic E-state index is 14.1. The molecule has 1 N–H and O–H groups in total. The van der Waals surface area contributed by atoms with Crippen LogP contribution >= 0.6 is 0 Å². The smallest absolute Gasteiger partial charge is 0.140 e. The molecule has 0 bridgehead atoms. The number of fused-ring (bicyclic) bond motifs is 1. The Morgan fingerprint density at radius 3 is 2.82 bits per heavy atom. The van der Waals surface area contributed by atoms with Crippen LogP contribution in [0.1, 0.15) is 24.1 Å². The van der Waals surface area contributed by atoms with Crippen molar-refractivity contribution in [1.82, 2.24) is 9.97 Å². The van der Waals surface area contributed by atoms with E-state index in [0.717, 1.165) is 5.56 Å². The molecular weight excluding hydrogens is 279 g/mol. The molecule has 1 heterocycles. The van der Waals surface area contributed by atoms with Gasteiger partial charge in [-0.05, 0) is 36.8 Å². The van der Waals surface area contributed by atoms with Crippen molar-refractivity contribution >= 4 is 16.7 Å². The van der Waals surface area contributed by atoms with Crippen molar-refractivity contribution in [2.24, 2.45) is 0 Å². The van der Waals surface area contributed by atoms with E-state index in [0.29, 0.717) is 22.3 Å². The summed E-state index contributed by atoms with van der Waals surface area (Å²) < 4.78 is 14.1. The van der Waals surface area contributed by atoms with Crippen LogP contribution in [0.4, 0.5) is 10.2 Å². The second-order valence-electron chi connectivity index (χ2n) is 4.96. The Bertz CT molecular complexity index is 865. The van der Waals surface area contributed by atoms with E-state index in [-0.39, 0.29) is 11.9 Å². The zero-order valence-electron chi connectivity index (χ0n) is 11.9. The summed E-state index contributed by atoms with van der Waals surface area (Å²) in [6, 6.07) is 14.0. The van der Waals surface area contributed by atoms with E-state index in [1.165, 1.54) is 12.4 Å². The molecule has 0 saturated carbocycles. The van der Waals surface area contributed by atoms with E-state index in [2.05, 4.69) is 21.4 Å². The first-order valence-corrected chi connectivity index (χ1v) is 6.85. The fourth-order valence-electron chi connectivity index (χ4n) is 2.34. The molecule has 2 aromatic carbocycles. The third-order valence-electron chi connectivity index (χ3n) is 3.48. The number of rotatable bonds is 3. The number of hydrogen-bond donors (Lipinski definition) is 1. The zero-order valence-corrected chi connectivity index (χ0v) is 11.9. The van der Waals surface area contributed by atoms with Crippen LogP contribution in [0, 0.1) is 17.1 Å². The molecule has 0 spiro atoms. The maximum atomic E-state index is 14.1. The highest BCUT2D eigenvalue weighted by Crippen LogP contribution is 2.26. The summed E-state index contributed by atoms with van der Waals surface area (Å²) in [6.45, 7) is 1.94. The van der Waals surface area contributed by atoms with Gasteiger partial charge in [0.05, 0.1) is 28.6 Å². The molecule has 1 aromatic heterocycles. The highest BCUT2D eigenvalue weighted by atomic mass is 19.1. The molecule has 22 heavy (non-hydrogen) atoms. The van der Waals surface area contributed by atoms with Gasteiger partial charge in [-0.15, -0.1) is 0 Å². The first-order chi connectivity index (χ1) is 10.7. The maximum Gasteiger partial charge on any atom is 0.140 e. The molecule has 0 fully saturated rings. The van der Waals surface area contributed by atoms with Crippen LogP contribution in [-0.4, -0.2) is 9.97 Å². The van der Waals surface area contributed by atoms with E-state index < -0.39 is 0 Å². The second-order valence-corrected chi connectivity index (χ2v) is 4.96. The van der Waals surface area contributed by atoms with Crippen LogP contribution in [0.15, 0.2) is 48.8 Å². The Morgan fingerprint density at radius 1 is 1.18 bits per heavy atom. The van der Waals surface area contributed by atoms with Gasteiger partial charge in [0.25, 0.3) is 0 Å². The molecule has 0 amide bonds. The monoisotopic (exact) mass is 292 g/mol. The fourth-order valence-corrected chi connectivity index (χ4v) is 2.34. The number of nitrogens with one attached hydrogen (secondary N) is 1. The Kier molecular flexibility index (Phi) is 3.67. The molecule has 0 radical (unpaired) electrons. The average molecular weight is 292 g/mol. The average Bonchev–Trinajstić information content (AvgIpc) is 2.55. The van der Waals surface area contributed by atoms with Crippen molar-refractivity contribution in [3.05, 3.63) is 65.7 Å². The van der Waals surface area contributed by atoms with E-state index in [1.54, 1.807) is 24.3 Å². The van der Waals surface area contributed by atoms with Crippen LogP contribution in [0.2, 0.25) is 0 Å². The summed E-state index contributed by atoms with van der Waals surface area (Å²) in [4.78, 5) is 8.22. The van der Waals surface area contributed by atoms with Crippen molar-refractivity contribution in [3.8, 4) is 6.07 Å². The summed E-state index contributed by atoms with van der Waals surface area (Å²) in [5, 5.41) is 12.5. The van der Waals surface area contributed by atoms with Crippen LogP contribution in [0.3, 0.4) is 0 Å². The van der Waals surface area contributed by atoms with Gasteiger partial charge in [-0.25, -0.2) is 14.4 Å². The number of anilines is 1. The molecule has 3 rings (SSSR count). The number of hydrogen-bond acceptors (Lipinski definition) is 4. The minimum atomic E-state index is -0.362. The lowest BCUT2D eigenvalue weighted by molar-refractivity contribution is 0.639. The summed E-state index contributed by atoms with van der Waals surface area (Å²) in [5.41, 5.74) is 2.07. The van der Waals surface area contributed by atoms with Gasteiger partial charge in [-0.2, -0.15) is 5.26 Å². The van der Waals surface area contributed by atoms with Crippen molar-refractivity contribution in [1.29, 1.82) is 5.26 Å². The Morgan fingerprint density at radius 2 is 2.00 bits per heavy atom. The van der Waals surface area contributed by atoms with Crippen LogP contribution in [0.25, 0.3) is 10.9 Å².